The van der Waals surface area contributed by atoms with Gasteiger partial charge in [-0.3, -0.25) is 16.0 Å². The minimum Gasteiger partial charge on any atom is -0.496 e. The molecule has 0 aromatic heterocycles. The van der Waals surface area contributed by atoms with Crippen LogP contribution in [-0.4, -0.2) is 12.0 Å². The van der Waals surface area contributed by atoms with E-state index in [9.17, 15) is 10.1 Å². The monoisotopic (exact) mass is 261 g/mol. The molecule has 0 spiro atoms. The van der Waals surface area contributed by atoms with E-state index in [1.165, 1.54) is 13.2 Å². The number of nitrogens with one attached hydrogen (secondary N) is 1. The van der Waals surface area contributed by atoms with Crippen LogP contribution in [0, 0.1) is 10.1 Å². The fraction of sp³-hybridized carbons (Fsp3) is 0.143. The van der Waals surface area contributed by atoms with Crippen molar-refractivity contribution in [1.29, 1.82) is 0 Å². The Kier molecular flexibility index (Phi) is 3.26. The molecule has 76 valence electrons. The van der Waals surface area contributed by atoms with Gasteiger partial charge in [0.1, 0.15) is 11.4 Å². The Bertz CT molecular complexity index is 369. The summed E-state index contributed by atoms with van der Waals surface area (Å²) in [7, 11) is 1.43. The Balaban J connectivity index is 3.35. The summed E-state index contributed by atoms with van der Waals surface area (Å²) in [6, 6.07) is 2.88. The molecule has 0 saturated heterocycles. The summed E-state index contributed by atoms with van der Waals surface area (Å²) in [5, 5.41) is 10.6. The molecule has 0 aliphatic carbocycles. The first-order chi connectivity index (χ1) is 6.60. The van der Waals surface area contributed by atoms with Crippen LogP contribution in [0.15, 0.2) is 16.6 Å². The zero-order valence-electron chi connectivity index (χ0n) is 7.28. The smallest absolute Gasteiger partial charge is 0.298 e. The molecule has 1 aromatic rings. The molecule has 0 fully saturated rings. The second kappa shape index (κ2) is 4.25. The number of nitro groups is 1. The van der Waals surface area contributed by atoms with Crippen molar-refractivity contribution in [1.82, 2.24) is 0 Å². The summed E-state index contributed by atoms with van der Waals surface area (Å²) >= 11 is 3.14. The molecule has 1 rings (SSSR count). The standard InChI is InChI=1S/C7H8BrN3O3/c1-14-4-2-5(8)7(10-9)6(3-4)11(12)13/h2-3,10H,9H2,1H3. The number of nitro benzene ring substituents is 1. The van der Waals surface area contributed by atoms with Crippen molar-refractivity contribution in [3.63, 3.8) is 0 Å². The minimum atomic E-state index is -0.539. The second-order valence-corrected chi connectivity index (χ2v) is 3.26. The molecule has 3 N–H and O–H groups in total. The fourth-order valence-electron chi connectivity index (χ4n) is 0.973. The lowest BCUT2D eigenvalue weighted by molar-refractivity contribution is -0.384. The highest BCUT2D eigenvalue weighted by atomic mass is 79.9. The molecule has 0 unspecified atom stereocenters. The van der Waals surface area contributed by atoms with Crippen LogP contribution in [0.4, 0.5) is 11.4 Å². The number of rotatable bonds is 3. The van der Waals surface area contributed by atoms with Gasteiger partial charge in [-0.2, -0.15) is 0 Å². The molecule has 1 aromatic carbocycles. The van der Waals surface area contributed by atoms with Crippen molar-refractivity contribution < 1.29 is 9.66 Å². The molecule has 0 amide bonds. The molecule has 0 bridgehead atoms. The third-order valence-electron chi connectivity index (χ3n) is 1.62. The van der Waals surface area contributed by atoms with Gasteiger partial charge >= 0.3 is 0 Å². The number of hydrogen-bond donors (Lipinski definition) is 2. The minimum absolute atomic E-state index is 0.140. The number of ether oxygens (including phenoxy) is 1. The maximum Gasteiger partial charge on any atom is 0.298 e. The number of halogens is 1. The highest BCUT2D eigenvalue weighted by Crippen LogP contribution is 2.35. The van der Waals surface area contributed by atoms with Gasteiger partial charge in [0.05, 0.1) is 22.6 Å². The lowest BCUT2D eigenvalue weighted by Gasteiger charge is -2.06. The lowest BCUT2D eigenvalue weighted by atomic mass is 10.2. The zero-order chi connectivity index (χ0) is 10.7. The molecule has 0 heterocycles. The highest BCUT2D eigenvalue weighted by Gasteiger charge is 2.18. The molecule has 0 atom stereocenters. The second-order valence-electron chi connectivity index (χ2n) is 2.40. The van der Waals surface area contributed by atoms with Gasteiger partial charge in [0, 0.05) is 0 Å². The maximum absolute atomic E-state index is 10.6. The Morgan fingerprint density at radius 1 is 1.64 bits per heavy atom. The molecule has 0 aliphatic rings. The fourth-order valence-corrected chi connectivity index (χ4v) is 1.52. The van der Waals surface area contributed by atoms with Crippen LogP contribution in [0.3, 0.4) is 0 Å². The highest BCUT2D eigenvalue weighted by molar-refractivity contribution is 9.10. The Hall–Kier alpha value is -1.34. The summed E-state index contributed by atoms with van der Waals surface area (Å²) in [6.45, 7) is 0. The summed E-state index contributed by atoms with van der Waals surface area (Å²) in [5.74, 6) is 5.55. The molecule has 0 aliphatic heterocycles. The SMILES string of the molecule is COc1cc(Br)c(NN)c([N+](=O)[O-])c1. The number of hydrazine groups is 1. The Morgan fingerprint density at radius 3 is 2.71 bits per heavy atom. The van der Waals surface area contributed by atoms with Crippen LogP contribution in [-0.2, 0) is 0 Å². The first kappa shape index (κ1) is 10.7. The van der Waals surface area contributed by atoms with Crippen molar-refractivity contribution in [2.24, 2.45) is 5.84 Å². The summed E-state index contributed by atoms with van der Waals surface area (Å²) in [5.41, 5.74) is 2.33. The number of anilines is 1. The van der Waals surface area contributed by atoms with Crippen LogP contribution in [0.5, 0.6) is 5.75 Å². The van der Waals surface area contributed by atoms with Crippen LogP contribution in [0.25, 0.3) is 0 Å². The summed E-state index contributed by atoms with van der Waals surface area (Å²) in [4.78, 5) is 10.1. The molecule has 0 saturated carbocycles. The van der Waals surface area contributed by atoms with Crippen molar-refractivity contribution >= 4 is 27.3 Å². The third kappa shape index (κ3) is 1.94. The van der Waals surface area contributed by atoms with Crippen LogP contribution >= 0.6 is 15.9 Å². The molecular formula is C7H8BrN3O3. The van der Waals surface area contributed by atoms with Gasteiger partial charge in [-0.1, -0.05) is 0 Å². The average Bonchev–Trinajstić information content (AvgIpc) is 2.16. The van der Waals surface area contributed by atoms with Gasteiger partial charge in [-0.05, 0) is 22.0 Å². The quantitative estimate of drug-likeness (QED) is 0.491. The van der Waals surface area contributed by atoms with E-state index in [1.807, 2.05) is 0 Å². The largest absolute Gasteiger partial charge is 0.496 e. The lowest BCUT2D eigenvalue weighted by Crippen LogP contribution is -2.09. The normalized spacial score (nSPS) is 9.64. The van der Waals surface area contributed by atoms with Crippen LogP contribution in [0.1, 0.15) is 0 Å². The molecule has 6 nitrogen and oxygen atoms in total. The Morgan fingerprint density at radius 2 is 2.29 bits per heavy atom. The van der Waals surface area contributed by atoms with E-state index in [4.69, 9.17) is 10.6 Å². The van der Waals surface area contributed by atoms with E-state index in [2.05, 4.69) is 21.4 Å². The zero-order valence-corrected chi connectivity index (χ0v) is 8.87. The molecule has 14 heavy (non-hydrogen) atoms. The van der Waals surface area contributed by atoms with Crippen molar-refractivity contribution in [3.05, 3.63) is 26.7 Å². The predicted octanol–water partition coefficient (Wildman–Crippen LogP) is 1.65. The number of nitrogens with zero attached hydrogens (tertiary/aromatic N) is 1. The van der Waals surface area contributed by atoms with Gasteiger partial charge in [-0.25, -0.2) is 0 Å². The maximum atomic E-state index is 10.6. The molecule has 0 radical (unpaired) electrons. The summed E-state index contributed by atoms with van der Waals surface area (Å²) in [6.07, 6.45) is 0. The number of nitrogens with two attached hydrogens (primary N) is 1. The molecular weight excluding hydrogens is 254 g/mol. The molecule has 7 heteroatoms. The number of methoxy groups -OCH3 is 1. The van der Waals surface area contributed by atoms with Gasteiger partial charge in [-0.15, -0.1) is 0 Å². The van der Waals surface area contributed by atoms with Gasteiger partial charge < -0.3 is 10.2 Å². The average molecular weight is 262 g/mol. The number of benzene rings is 1. The van der Waals surface area contributed by atoms with E-state index in [0.29, 0.717) is 10.2 Å². The van der Waals surface area contributed by atoms with E-state index >= 15 is 0 Å². The van der Waals surface area contributed by atoms with Gasteiger partial charge in [0.25, 0.3) is 5.69 Å². The van der Waals surface area contributed by atoms with Crippen LogP contribution < -0.4 is 16.0 Å². The first-order valence-electron chi connectivity index (χ1n) is 3.58. The van der Waals surface area contributed by atoms with E-state index < -0.39 is 4.92 Å². The van der Waals surface area contributed by atoms with Crippen LogP contribution in [0.2, 0.25) is 0 Å². The van der Waals surface area contributed by atoms with Crippen molar-refractivity contribution in [2.45, 2.75) is 0 Å². The van der Waals surface area contributed by atoms with Gasteiger partial charge in [0.2, 0.25) is 0 Å². The number of nitrogen functional groups attached to an aromatic ring is 1. The topological polar surface area (TPSA) is 90.4 Å². The van der Waals surface area contributed by atoms with Crippen molar-refractivity contribution in [2.75, 3.05) is 12.5 Å². The van der Waals surface area contributed by atoms with E-state index in [1.54, 1.807) is 6.07 Å². The predicted molar refractivity (Wildman–Crippen MR) is 55.2 cm³/mol. The first-order valence-corrected chi connectivity index (χ1v) is 4.38. The van der Waals surface area contributed by atoms with E-state index in [0.717, 1.165) is 0 Å². The van der Waals surface area contributed by atoms with E-state index in [-0.39, 0.29) is 11.4 Å². The summed E-state index contributed by atoms with van der Waals surface area (Å²) < 4.78 is 5.36. The Labute approximate surface area is 88.3 Å². The number of hydrogen-bond acceptors (Lipinski definition) is 5. The van der Waals surface area contributed by atoms with Crippen molar-refractivity contribution in [3.8, 4) is 5.75 Å². The third-order valence-corrected chi connectivity index (χ3v) is 2.25. The van der Waals surface area contributed by atoms with Gasteiger partial charge in [0.15, 0.2) is 0 Å².